The van der Waals surface area contributed by atoms with E-state index in [4.69, 9.17) is 9.47 Å². The van der Waals surface area contributed by atoms with E-state index in [1.807, 2.05) is 42.2 Å². The van der Waals surface area contributed by atoms with E-state index in [9.17, 15) is 9.59 Å². The van der Waals surface area contributed by atoms with Gasteiger partial charge in [-0.05, 0) is 56.0 Å². The fourth-order valence-electron chi connectivity index (χ4n) is 4.67. The van der Waals surface area contributed by atoms with E-state index in [1.54, 1.807) is 18.1 Å². The number of carbonyl (C=O) groups is 2. The van der Waals surface area contributed by atoms with Crippen LogP contribution in [-0.2, 0) is 4.79 Å². The minimum absolute atomic E-state index is 0.0655. The van der Waals surface area contributed by atoms with E-state index < -0.39 is 6.04 Å². The molecule has 4 rings (SSSR count). The highest BCUT2D eigenvalue weighted by atomic mass is 16.5. The minimum Gasteiger partial charge on any atom is -0.497 e. The summed E-state index contributed by atoms with van der Waals surface area (Å²) < 4.78 is 10.9. The third kappa shape index (κ3) is 4.38. The van der Waals surface area contributed by atoms with Crippen molar-refractivity contribution in [3.05, 3.63) is 59.7 Å². The Morgan fingerprint density at radius 1 is 1.03 bits per heavy atom. The van der Waals surface area contributed by atoms with Crippen LogP contribution in [0.1, 0.15) is 48.0 Å². The molecule has 6 heteroatoms. The molecule has 2 aliphatic heterocycles. The first kappa shape index (κ1) is 21.2. The summed E-state index contributed by atoms with van der Waals surface area (Å²) in [5, 5.41) is 0. The molecule has 0 saturated carbocycles. The van der Waals surface area contributed by atoms with Gasteiger partial charge in [0.15, 0.2) is 0 Å². The van der Waals surface area contributed by atoms with Crippen LogP contribution in [0.2, 0.25) is 0 Å². The van der Waals surface area contributed by atoms with Crippen molar-refractivity contribution in [2.45, 2.75) is 38.1 Å². The molecule has 164 valence electrons. The number of likely N-dealkylation sites (tertiary alicyclic amines) is 2. The summed E-state index contributed by atoms with van der Waals surface area (Å²) in [6.45, 7) is 4.41. The van der Waals surface area contributed by atoms with E-state index in [2.05, 4.69) is 12.1 Å². The van der Waals surface area contributed by atoms with Gasteiger partial charge in [-0.25, -0.2) is 0 Å². The molecule has 0 bridgehead atoms. The van der Waals surface area contributed by atoms with Crippen molar-refractivity contribution in [2.75, 3.05) is 33.4 Å². The summed E-state index contributed by atoms with van der Waals surface area (Å²) in [5.41, 5.74) is 1.75. The zero-order valence-corrected chi connectivity index (χ0v) is 18.3. The van der Waals surface area contributed by atoms with Crippen LogP contribution >= 0.6 is 0 Å². The maximum atomic E-state index is 13.4. The Kier molecular flexibility index (Phi) is 6.44. The zero-order chi connectivity index (χ0) is 21.8. The third-order valence-corrected chi connectivity index (χ3v) is 6.30. The summed E-state index contributed by atoms with van der Waals surface area (Å²) >= 11 is 0. The Labute approximate surface area is 183 Å². The van der Waals surface area contributed by atoms with Crippen LogP contribution in [0.15, 0.2) is 48.5 Å². The smallest absolute Gasteiger partial charge is 0.258 e. The van der Waals surface area contributed by atoms with Crippen LogP contribution in [0.25, 0.3) is 0 Å². The van der Waals surface area contributed by atoms with E-state index in [0.29, 0.717) is 43.3 Å². The van der Waals surface area contributed by atoms with Crippen molar-refractivity contribution in [3.8, 4) is 11.5 Å². The normalized spacial score (nSPS) is 20.7. The fraction of sp³-hybridized carbons (Fsp3) is 0.440. The predicted octanol–water partition coefficient (Wildman–Crippen LogP) is 3.71. The van der Waals surface area contributed by atoms with E-state index in [0.717, 1.165) is 25.1 Å². The maximum absolute atomic E-state index is 13.4. The Morgan fingerprint density at radius 2 is 1.81 bits per heavy atom. The van der Waals surface area contributed by atoms with Crippen LogP contribution in [0, 0.1) is 0 Å². The molecule has 31 heavy (non-hydrogen) atoms. The Hall–Kier alpha value is -3.02. The van der Waals surface area contributed by atoms with Gasteiger partial charge in [-0.2, -0.15) is 0 Å². The fourth-order valence-corrected chi connectivity index (χ4v) is 4.67. The molecule has 2 amide bonds. The molecule has 2 aromatic carbocycles. The molecule has 0 N–H and O–H groups in total. The Morgan fingerprint density at radius 3 is 2.55 bits per heavy atom. The number of benzene rings is 2. The molecule has 2 aliphatic rings. The molecule has 2 atom stereocenters. The summed E-state index contributed by atoms with van der Waals surface area (Å²) in [5.74, 6) is 1.68. The second-order valence-corrected chi connectivity index (χ2v) is 8.13. The molecule has 2 saturated heterocycles. The Balaban J connectivity index is 1.45. The van der Waals surface area contributed by atoms with Crippen molar-refractivity contribution < 1.29 is 19.1 Å². The number of nitrogens with zero attached hydrogens (tertiary/aromatic N) is 2. The molecule has 0 aliphatic carbocycles. The molecular weight excluding hydrogens is 392 g/mol. The van der Waals surface area contributed by atoms with Gasteiger partial charge in [0, 0.05) is 25.6 Å². The highest BCUT2D eigenvalue weighted by molar-refractivity contribution is 6.00. The second kappa shape index (κ2) is 9.41. The van der Waals surface area contributed by atoms with Gasteiger partial charge in [0.25, 0.3) is 5.91 Å². The molecule has 2 unspecified atom stereocenters. The van der Waals surface area contributed by atoms with Gasteiger partial charge >= 0.3 is 0 Å². The van der Waals surface area contributed by atoms with Crippen LogP contribution < -0.4 is 9.47 Å². The maximum Gasteiger partial charge on any atom is 0.258 e. The van der Waals surface area contributed by atoms with Crippen molar-refractivity contribution in [2.24, 2.45) is 0 Å². The van der Waals surface area contributed by atoms with Gasteiger partial charge in [-0.15, -0.1) is 0 Å². The largest absolute Gasteiger partial charge is 0.497 e. The lowest BCUT2D eigenvalue weighted by molar-refractivity contribution is -0.134. The molecular formula is C25H30N2O4. The first-order chi connectivity index (χ1) is 15.1. The standard InChI is InChI=1S/C25H30N2O4/c1-3-31-23-9-5-4-7-21(23)24(28)27-15-6-8-22(27)25(29)26-16-14-19(17-26)18-10-12-20(30-2)13-11-18/h4-5,7,9-13,19,22H,3,6,8,14-17H2,1-2H3. The van der Waals surface area contributed by atoms with Crippen LogP contribution in [0.4, 0.5) is 0 Å². The van der Waals surface area contributed by atoms with Crippen LogP contribution in [0.3, 0.4) is 0 Å². The summed E-state index contributed by atoms with van der Waals surface area (Å²) in [6.07, 6.45) is 2.49. The summed E-state index contributed by atoms with van der Waals surface area (Å²) in [7, 11) is 1.66. The monoisotopic (exact) mass is 422 g/mol. The molecule has 0 radical (unpaired) electrons. The van der Waals surface area contributed by atoms with E-state index in [-0.39, 0.29) is 11.8 Å². The third-order valence-electron chi connectivity index (χ3n) is 6.30. The van der Waals surface area contributed by atoms with Crippen molar-refractivity contribution >= 4 is 11.8 Å². The number of rotatable bonds is 6. The number of amides is 2. The summed E-state index contributed by atoms with van der Waals surface area (Å²) in [4.78, 5) is 30.3. The number of carbonyl (C=O) groups excluding carboxylic acids is 2. The second-order valence-electron chi connectivity index (χ2n) is 8.13. The number of hydrogen-bond acceptors (Lipinski definition) is 4. The van der Waals surface area contributed by atoms with E-state index >= 15 is 0 Å². The number of ether oxygens (including phenoxy) is 2. The Bertz CT molecular complexity index is 927. The summed E-state index contributed by atoms with van der Waals surface area (Å²) in [6, 6.07) is 15.0. The topological polar surface area (TPSA) is 59.1 Å². The first-order valence-corrected chi connectivity index (χ1v) is 11.1. The van der Waals surface area contributed by atoms with Gasteiger partial charge in [0.05, 0.1) is 19.3 Å². The van der Waals surface area contributed by atoms with Gasteiger partial charge in [0.2, 0.25) is 5.91 Å². The van der Waals surface area contributed by atoms with Gasteiger partial charge < -0.3 is 19.3 Å². The van der Waals surface area contributed by atoms with E-state index in [1.165, 1.54) is 5.56 Å². The first-order valence-electron chi connectivity index (χ1n) is 11.1. The van der Waals surface area contributed by atoms with Crippen molar-refractivity contribution in [1.29, 1.82) is 0 Å². The molecule has 0 aromatic heterocycles. The molecule has 2 aromatic rings. The average Bonchev–Trinajstić information content (AvgIpc) is 3.49. The van der Waals surface area contributed by atoms with Gasteiger partial charge in [-0.1, -0.05) is 24.3 Å². The molecule has 2 heterocycles. The number of methoxy groups -OCH3 is 1. The lowest BCUT2D eigenvalue weighted by Gasteiger charge is -2.28. The quantitative estimate of drug-likeness (QED) is 0.712. The molecule has 2 fully saturated rings. The molecule has 6 nitrogen and oxygen atoms in total. The lowest BCUT2D eigenvalue weighted by atomic mass is 9.98. The SMILES string of the molecule is CCOc1ccccc1C(=O)N1CCCC1C(=O)N1CCC(c2ccc(OC)cc2)C1. The number of hydrogen-bond donors (Lipinski definition) is 0. The predicted molar refractivity (Wildman–Crippen MR) is 119 cm³/mol. The highest BCUT2D eigenvalue weighted by Crippen LogP contribution is 2.31. The van der Waals surface area contributed by atoms with Crippen LogP contribution in [0.5, 0.6) is 11.5 Å². The number of para-hydroxylation sites is 1. The molecule has 0 spiro atoms. The average molecular weight is 423 g/mol. The zero-order valence-electron chi connectivity index (χ0n) is 18.3. The van der Waals surface area contributed by atoms with Crippen molar-refractivity contribution in [1.82, 2.24) is 9.80 Å². The van der Waals surface area contributed by atoms with Gasteiger partial charge in [-0.3, -0.25) is 9.59 Å². The minimum atomic E-state index is -0.392. The van der Waals surface area contributed by atoms with Crippen LogP contribution in [-0.4, -0.2) is 61.0 Å². The van der Waals surface area contributed by atoms with Gasteiger partial charge in [0.1, 0.15) is 17.5 Å². The lowest BCUT2D eigenvalue weighted by Crippen LogP contribution is -2.47. The van der Waals surface area contributed by atoms with Crippen molar-refractivity contribution in [3.63, 3.8) is 0 Å². The highest BCUT2D eigenvalue weighted by Gasteiger charge is 2.39.